The predicted molar refractivity (Wildman–Crippen MR) is 88.2 cm³/mol. The van der Waals surface area contributed by atoms with Crippen LogP contribution in [0, 0.1) is 6.92 Å². The summed E-state index contributed by atoms with van der Waals surface area (Å²) in [6.45, 7) is 3.11. The molecule has 0 aliphatic carbocycles. The molecule has 0 aliphatic heterocycles. The van der Waals surface area contributed by atoms with Crippen LogP contribution in [0.5, 0.6) is 0 Å². The Labute approximate surface area is 130 Å². The number of benzene rings is 2. The first-order valence-corrected chi connectivity index (χ1v) is 7.28. The van der Waals surface area contributed by atoms with Gasteiger partial charge in [-0.05, 0) is 43.3 Å². The number of anilines is 1. The third kappa shape index (κ3) is 4.65. The van der Waals surface area contributed by atoms with E-state index in [1.807, 2.05) is 60.4 Å². The summed E-state index contributed by atoms with van der Waals surface area (Å²) in [5, 5.41) is 26.5. The molecule has 0 spiro atoms. The number of azo groups is 1. The average molecular weight is 299 g/mol. The lowest BCUT2D eigenvalue weighted by Gasteiger charge is -2.22. The molecule has 0 heterocycles. The van der Waals surface area contributed by atoms with Crippen LogP contribution in [0.4, 0.5) is 17.1 Å². The lowest BCUT2D eigenvalue weighted by molar-refractivity contribution is 0.281. The Kier molecular flexibility index (Phi) is 6.06. The number of nitrogens with zero attached hydrogens (tertiary/aromatic N) is 3. The fourth-order valence-corrected chi connectivity index (χ4v) is 2.07. The standard InChI is InChI=1S/C17H21N3O2/c1-14-2-4-15(5-3-14)18-19-16-6-8-17(9-7-16)20(10-12-21)11-13-22/h2-9,21-22H,10-13H2,1H3/b19-18+. The van der Waals surface area contributed by atoms with Crippen molar-refractivity contribution in [2.24, 2.45) is 10.2 Å². The van der Waals surface area contributed by atoms with Gasteiger partial charge in [-0.1, -0.05) is 17.7 Å². The number of aryl methyl sites for hydroxylation is 1. The Hall–Kier alpha value is -2.24. The monoisotopic (exact) mass is 299 g/mol. The zero-order chi connectivity index (χ0) is 15.8. The molecule has 0 bridgehead atoms. The van der Waals surface area contributed by atoms with E-state index in [0.717, 1.165) is 17.1 Å². The van der Waals surface area contributed by atoms with E-state index in [1.54, 1.807) is 0 Å². The van der Waals surface area contributed by atoms with Crippen LogP contribution >= 0.6 is 0 Å². The molecule has 0 aromatic heterocycles. The van der Waals surface area contributed by atoms with Gasteiger partial charge in [0.05, 0.1) is 24.6 Å². The first kappa shape index (κ1) is 16.1. The van der Waals surface area contributed by atoms with Crippen molar-refractivity contribution in [3.63, 3.8) is 0 Å². The third-order valence-corrected chi connectivity index (χ3v) is 3.27. The van der Waals surface area contributed by atoms with E-state index < -0.39 is 0 Å². The van der Waals surface area contributed by atoms with E-state index in [1.165, 1.54) is 5.56 Å². The molecule has 0 aliphatic rings. The normalized spacial score (nSPS) is 11.0. The van der Waals surface area contributed by atoms with Gasteiger partial charge in [-0.2, -0.15) is 10.2 Å². The number of aliphatic hydroxyl groups is 2. The number of hydrogen-bond acceptors (Lipinski definition) is 5. The van der Waals surface area contributed by atoms with Crippen LogP contribution in [-0.2, 0) is 0 Å². The van der Waals surface area contributed by atoms with E-state index in [4.69, 9.17) is 10.2 Å². The second-order valence-electron chi connectivity index (χ2n) is 4.99. The lowest BCUT2D eigenvalue weighted by Crippen LogP contribution is -2.29. The zero-order valence-electron chi connectivity index (χ0n) is 12.7. The molecular formula is C17H21N3O2. The van der Waals surface area contributed by atoms with Crippen LogP contribution < -0.4 is 4.90 Å². The fourth-order valence-electron chi connectivity index (χ4n) is 2.07. The van der Waals surface area contributed by atoms with Crippen molar-refractivity contribution in [2.45, 2.75) is 6.92 Å². The second kappa shape index (κ2) is 8.26. The summed E-state index contributed by atoms with van der Waals surface area (Å²) >= 11 is 0. The maximum atomic E-state index is 9.05. The highest BCUT2D eigenvalue weighted by atomic mass is 16.3. The summed E-state index contributed by atoms with van der Waals surface area (Å²) in [6.07, 6.45) is 0. The van der Waals surface area contributed by atoms with Crippen molar-refractivity contribution in [2.75, 3.05) is 31.2 Å². The van der Waals surface area contributed by atoms with Gasteiger partial charge in [-0.25, -0.2) is 0 Å². The molecule has 0 radical (unpaired) electrons. The summed E-state index contributed by atoms with van der Waals surface area (Å²) in [6, 6.07) is 15.4. The molecule has 5 nitrogen and oxygen atoms in total. The Morgan fingerprint density at radius 3 is 1.68 bits per heavy atom. The van der Waals surface area contributed by atoms with Crippen LogP contribution in [0.15, 0.2) is 58.8 Å². The highest BCUT2D eigenvalue weighted by Crippen LogP contribution is 2.22. The van der Waals surface area contributed by atoms with Crippen LogP contribution in [0.2, 0.25) is 0 Å². The van der Waals surface area contributed by atoms with Gasteiger partial charge in [-0.3, -0.25) is 0 Å². The number of hydrogen-bond donors (Lipinski definition) is 2. The van der Waals surface area contributed by atoms with Crippen LogP contribution in [0.25, 0.3) is 0 Å². The van der Waals surface area contributed by atoms with Crippen molar-refractivity contribution < 1.29 is 10.2 Å². The van der Waals surface area contributed by atoms with Crippen LogP contribution in [0.3, 0.4) is 0 Å². The highest BCUT2D eigenvalue weighted by molar-refractivity contribution is 5.53. The lowest BCUT2D eigenvalue weighted by atomic mass is 10.2. The molecule has 22 heavy (non-hydrogen) atoms. The van der Waals surface area contributed by atoms with Crippen LogP contribution in [0.1, 0.15) is 5.56 Å². The molecule has 0 unspecified atom stereocenters. The van der Waals surface area contributed by atoms with Crippen molar-refractivity contribution >= 4 is 17.1 Å². The Morgan fingerprint density at radius 1 is 0.773 bits per heavy atom. The quantitative estimate of drug-likeness (QED) is 0.771. The molecule has 2 aromatic carbocycles. The molecule has 0 amide bonds. The second-order valence-corrected chi connectivity index (χ2v) is 4.99. The maximum absolute atomic E-state index is 9.05. The molecule has 116 valence electrons. The van der Waals surface area contributed by atoms with E-state index in [0.29, 0.717) is 13.1 Å². The van der Waals surface area contributed by atoms with Gasteiger partial charge < -0.3 is 15.1 Å². The number of rotatable bonds is 7. The van der Waals surface area contributed by atoms with Crippen molar-refractivity contribution in [3.8, 4) is 0 Å². The maximum Gasteiger partial charge on any atom is 0.0858 e. The molecule has 5 heteroatoms. The average Bonchev–Trinajstić information content (AvgIpc) is 2.55. The van der Waals surface area contributed by atoms with Gasteiger partial charge in [-0.15, -0.1) is 0 Å². The summed E-state index contributed by atoms with van der Waals surface area (Å²) in [4.78, 5) is 1.92. The zero-order valence-corrected chi connectivity index (χ0v) is 12.7. The SMILES string of the molecule is Cc1ccc(/N=N/c2ccc(N(CCO)CCO)cc2)cc1. The first-order chi connectivity index (χ1) is 10.7. The van der Waals surface area contributed by atoms with Gasteiger partial charge in [0, 0.05) is 18.8 Å². The summed E-state index contributed by atoms with van der Waals surface area (Å²) in [5.41, 5.74) is 3.71. The molecule has 2 aromatic rings. The smallest absolute Gasteiger partial charge is 0.0858 e. The first-order valence-electron chi connectivity index (χ1n) is 7.28. The number of aliphatic hydroxyl groups excluding tert-OH is 2. The minimum absolute atomic E-state index is 0.0505. The van der Waals surface area contributed by atoms with Gasteiger partial charge in [0.1, 0.15) is 0 Å². The molecule has 0 saturated carbocycles. The summed E-state index contributed by atoms with van der Waals surface area (Å²) in [7, 11) is 0. The Morgan fingerprint density at radius 2 is 1.23 bits per heavy atom. The third-order valence-electron chi connectivity index (χ3n) is 3.27. The Balaban J connectivity index is 2.06. The van der Waals surface area contributed by atoms with E-state index in [2.05, 4.69) is 10.2 Å². The van der Waals surface area contributed by atoms with E-state index in [9.17, 15) is 0 Å². The van der Waals surface area contributed by atoms with E-state index >= 15 is 0 Å². The summed E-state index contributed by atoms with van der Waals surface area (Å²) < 4.78 is 0. The van der Waals surface area contributed by atoms with Gasteiger partial charge in [0.15, 0.2) is 0 Å². The van der Waals surface area contributed by atoms with E-state index in [-0.39, 0.29) is 13.2 Å². The van der Waals surface area contributed by atoms with Crippen molar-refractivity contribution in [3.05, 3.63) is 54.1 Å². The molecule has 2 rings (SSSR count). The minimum atomic E-state index is 0.0505. The fraction of sp³-hybridized carbons (Fsp3) is 0.294. The van der Waals surface area contributed by atoms with Gasteiger partial charge >= 0.3 is 0 Å². The summed E-state index contributed by atoms with van der Waals surface area (Å²) in [5.74, 6) is 0. The van der Waals surface area contributed by atoms with Gasteiger partial charge in [0.25, 0.3) is 0 Å². The molecular weight excluding hydrogens is 278 g/mol. The molecule has 0 fully saturated rings. The Bertz CT molecular complexity index is 588. The van der Waals surface area contributed by atoms with Gasteiger partial charge in [0.2, 0.25) is 0 Å². The minimum Gasteiger partial charge on any atom is -0.395 e. The topological polar surface area (TPSA) is 68.4 Å². The van der Waals surface area contributed by atoms with Crippen LogP contribution in [-0.4, -0.2) is 36.5 Å². The van der Waals surface area contributed by atoms with Crippen molar-refractivity contribution in [1.29, 1.82) is 0 Å². The van der Waals surface area contributed by atoms with Crippen molar-refractivity contribution in [1.82, 2.24) is 0 Å². The predicted octanol–water partition coefficient (Wildman–Crippen LogP) is 3.20. The largest absolute Gasteiger partial charge is 0.395 e. The highest BCUT2D eigenvalue weighted by Gasteiger charge is 2.04. The molecule has 0 atom stereocenters. The molecule has 2 N–H and O–H groups in total. The molecule has 0 saturated heterocycles.